The van der Waals surface area contributed by atoms with E-state index in [-0.39, 0.29) is 5.75 Å². The molecule has 0 amide bonds. The number of hydrogen-bond acceptors (Lipinski definition) is 3. The molecule has 0 aromatic rings. The lowest BCUT2D eigenvalue weighted by Crippen LogP contribution is -2.14. The van der Waals surface area contributed by atoms with Crippen molar-refractivity contribution in [1.82, 2.24) is 0 Å². The van der Waals surface area contributed by atoms with Crippen molar-refractivity contribution in [2.24, 2.45) is 0 Å². The fourth-order valence-electron chi connectivity index (χ4n) is 0.268. The first kappa shape index (κ1) is 9.29. The molecule has 0 spiro atoms. The van der Waals surface area contributed by atoms with E-state index in [1.165, 1.54) is 6.92 Å². The molecule has 0 aliphatic rings. The number of hydrogen-bond donors (Lipinski definition) is 2. The number of aliphatic carboxylic acids is 2. The van der Waals surface area contributed by atoms with E-state index >= 15 is 0 Å². The average molecular weight is 164 g/mol. The zero-order chi connectivity index (χ0) is 8.15. The van der Waals surface area contributed by atoms with Crippen molar-refractivity contribution in [1.29, 1.82) is 0 Å². The summed E-state index contributed by atoms with van der Waals surface area (Å²) in [6.07, 6.45) is 0. The zero-order valence-corrected chi connectivity index (χ0v) is 6.22. The molecule has 0 bridgehead atoms. The molecule has 0 saturated heterocycles. The van der Waals surface area contributed by atoms with Gasteiger partial charge in [-0.25, -0.2) is 0 Å². The van der Waals surface area contributed by atoms with E-state index < -0.39 is 17.2 Å². The quantitative estimate of drug-likeness (QED) is 0.624. The van der Waals surface area contributed by atoms with Crippen molar-refractivity contribution in [3.8, 4) is 0 Å². The average Bonchev–Trinajstić information content (AvgIpc) is 1.82. The van der Waals surface area contributed by atoms with Crippen molar-refractivity contribution >= 4 is 23.7 Å². The molecule has 0 heterocycles. The maximum absolute atomic E-state index is 10.1. The van der Waals surface area contributed by atoms with Gasteiger partial charge in [-0.3, -0.25) is 9.59 Å². The highest BCUT2D eigenvalue weighted by atomic mass is 32.2. The Morgan fingerprint density at radius 3 is 2.30 bits per heavy atom. The van der Waals surface area contributed by atoms with E-state index in [0.29, 0.717) is 0 Å². The van der Waals surface area contributed by atoms with E-state index in [9.17, 15) is 9.59 Å². The highest BCUT2D eigenvalue weighted by molar-refractivity contribution is 8.01. The molecule has 10 heavy (non-hydrogen) atoms. The van der Waals surface area contributed by atoms with E-state index in [2.05, 4.69) is 0 Å². The Hall–Kier alpha value is -0.710. The SMILES string of the molecule is CC(SCC(=O)O)C(=O)O. The highest BCUT2D eigenvalue weighted by Gasteiger charge is 2.12. The predicted octanol–water partition coefficient (Wildman–Crippen LogP) is 0.277. The molecule has 1 unspecified atom stereocenters. The lowest BCUT2D eigenvalue weighted by atomic mass is 10.5. The van der Waals surface area contributed by atoms with Crippen LogP contribution in [0.5, 0.6) is 0 Å². The largest absolute Gasteiger partial charge is 0.481 e. The van der Waals surface area contributed by atoms with Crippen LogP contribution < -0.4 is 0 Å². The smallest absolute Gasteiger partial charge is 0.316 e. The van der Waals surface area contributed by atoms with Gasteiger partial charge in [-0.2, -0.15) is 0 Å². The first-order chi connectivity index (χ1) is 4.54. The molecule has 2 N–H and O–H groups in total. The summed E-state index contributed by atoms with van der Waals surface area (Å²) in [4.78, 5) is 20.0. The molecular weight excluding hydrogens is 156 g/mol. The van der Waals surface area contributed by atoms with Crippen molar-refractivity contribution in [3.63, 3.8) is 0 Å². The highest BCUT2D eigenvalue weighted by Crippen LogP contribution is 2.08. The summed E-state index contributed by atoms with van der Waals surface area (Å²) >= 11 is 0.894. The Bertz CT molecular complexity index is 145. The van der Waals surface area contributed by atoms with Gasteiger partial charge in [0.2, 0.25) is 0 Å². The Morgan fingerprint density at radius 1 is 1.50 bits per heavy atom. The summed E-state index contributed by atoms with van der Waals surface area (Å²) < 4.78 is 0. The minimum absolute atomic E-state index is 0.159. The minimum Gasteiger partial charge on any atom is -0.481 e. The second kappa shape index (κ2) is 4.16. The Kier molecular flexibility index (Phi) is 3.87. The standard InChI is InChI=1S/C5H8O4S/c1-3(5(8)9)10-2-4(6)7/h3H,2H2,1H3,(H,6,7)(H,8,9). The molecule has 1 atom stereocenters. The summed E-state index contributed by atoms with van der Waals surface area (Å²) in [5.74, 6) is -2.13. The van der Waals surface area contributed by atoms with Gasteiger partial charge < -0.3 is 10.2 Å². The number of thioether (sulfide) groups is 1. The molecule has 0 saturated carbocycles. The van der Waals surface area contributed by atoms with Crippen molar-refractivity contribution in [2.45, 2.75) is 12.2 Å². The molecule has 0 aliphatic heterocycles. The first-order valence-electron chi connectivity index (χ1n) is 2.60. The van der Waals surface area contributed by atoms with Crippen LogP contribution in [-0.4, -0.2) is 33.2 Å². The van der Waals surface area contributed by atoms with E-state index in [1.807, 2.05) is 0 Å². The third-order valence-electron chi connectivity index (χ3n) is 0.805. The van der Waals surface area contributed by atoms with Crippen LogP contribution in [0, 0.1) is 0 Å². The molecule has 4 nitrogen and oxygen atoms in total. The second-order valence-corrected chi connectivity index (χ2v) is 3.01. The normalized spacial score (nSPS) is 12.5. The van der Waals surface area contributed by atoms with Crippen LogP contribution in [0.25, 0.3) is 0 Å². The summed E-state index contributed by atoms with van der Waals surface area (Å²) in [6.45, 7) is 1.45. The zero-order valence-electron chi connectivity index (χ0n) is 5.40. The van der Waals surface area contributed by atoms with Crippen LogP contribution in [0.1, 0.15) is 6.92 Å². The van der Waals surface area contributed by atoms with Crippen LogP contribution in [0.4, 0.5) is 0 Å². The maximum Gasteiger partial charge on any atom is 0.316 e. The van der Waals surface area contributed by atoms with Crippen molar-refractivity contribution < 1.29 is 19.8 Å². The summed E-state index contributed by atoms with van der Waals surface area (Å²) in [7, 11) is 0. The van der Waals surface area contributed by atoms with Gasteiger partial charge in [0.25, 0.3) is 0 Å². The number of carbonyl (C=O) groups is 2. The molecule has 0 radical (unpaired) electrons. The molecule has 58 valence electrons. The topological polar surface area (TPSA) is 74.6 Å². The van der Waals surface area contributed by atoms with Crippen LogP contribution in [0.15, 0.2) is 0 Å². The molecule has 0 fully saturated rings. The van der Waals surface area contributed by atoms with Gasteiger partial charge in [-0.1, -0.05) is 0 Å². The maximum atomic E-state index is 10.1. The van der Waals surface area contributed by atoms with Gasteiger partial charge in [-0.15, -0.1) is 11.8 Å². The fraction of sp³-hybridized carbons (Fsp3) is 0.600. The molecule has 0 rings (SSSR count). The third kappa shape index (κ3) is 4.20. The minimum atomic E-state index is -0.988. The van der Waals surface area contributed by atoms with Crippen LogP contribution >= 0.6 is 11.8 Å². The van der Waals surface area contributed by atoms with Gasteiger partial charge in [0.15, 0.2) is 0 Å². The summed E-state index contributed by atoms with van der Waals surface area (Å²) in [5.41, 5.74) is 0. The summed E-state index contributed by atoms with van der Waals surface area (Å²) in [5, 5.41) is 15.8. The van der Waals surface area contributed by atoms with Crippen LogP contribution in [0.2, 0.25) is 0 Å². The van der Waals surface area contributed by atoms with Gasteiger partial charge in [0.1, 0.15) is 0 Å². The van der Waals surface area contributed by atoms with E-state index in [1.54, 1.807) is 0 Å². The Labute approximate surface area is 62.2 Å². The molecule has 0 aliphatic carbocycles. The Balaban J connectivity index is 3.49. The lowest BCUT2D eigenvalue weighted by molar-refractivity contribution is -0.136. The fourth-order valence-corrected chi connectivity index (χ4v) is 0.803. The van der Waals surface area contributed by atoms with Gasteiger partial charge >= 0.3 is 11.9 Å². The molecular formula is C5H8O4S. The van der Waals surface area contributed by atoms with Crippen molar-refractivity contribution in [3.05, 3.63) is 0 Å². The monoisotopic (exact) mass is 164 g/mol. The summed E-state index contributed by atoms with van der Waals surface area (Å²) in [6, 6.07) is 0. The van der Waals surface area contributed by atoms with Gasteiger partial charge in [0, 0.05) is 0 Å². The first-order valence-corrected chi connectivity index (χ1v) is 3.65. The van der Waals surface area contributed by atoms with E-state index in [0.717, 1.165) is 11.8 Å². The van der Waals surface area contributed by atoms with E-state index in [4.69, 9.17) is 10.2 Å². The molecule has 0 aromatic heterocycles. The Morgan fingerprint density at radius 2 is 2.00 bits per heavy atom. The second-order valence-electron chi connectivity index (χ2n) is 1.69. The number of carboxylic acids is 2. The van der Waals surface area contributed by atoms with Crippen molar-refractivity contribution in [2.75, 3.05) is 5.75 Å². The third-order valence-corrected chi connectivity index (χ3v) is 1.92. The lowest BCUT2D eigenvalue weighted by Gasteiger charge is -2.01. The molecule has 5 heteroatoms. The van der Waals surface area contributed by atoms with Gasteiger partial charge in [-0.05, 0) is 6.92 Å². The van der Waals surface area contributed by atoms with Crippen LogP contribution in [0.3, 0.4) is 0 Å². The number of carboxylic acid groups (broad SMARTS) is 2. The predicted molar refractivity (Wildman–Crippen MR) is 37.2 cm³/mol. The van der Waals surface area contributed by atoms with Gasteiger partial charge in [0.05, 0.1) is 11.0 Å². The van der Waals surface area contributed by atoms with Crippen LogP contribution in [-0.2, 0) is 9.59 Å². The number of rotatable bonds is 4. The molecule has 0 aromatic carbocycles.